The molecule has 214 valence electrons. The van der Waals surface area contributed by atoms with Gasteiger partial charge in [-0.25, -0.2) is 0 Å². The summed E-state index contributed by atoms with van der Waals surface area (Å²) in [6, 6.07) is 3.56. The topological polar surface area (TPSA) is 140 Å². The van der Waals surface area contributed by atoms with Crippen LogP contribution < -0.4 is 5.32 Å². The van der Waals surface area contributed by atoms with Gasteiger partial charge >= 0.3 is 5.97 Å². The zero-order valence-electron chi connectivity index (χ0n) is 23.2. The molecule has 0 saturated heterocycles. The van der Waals surface area contributed by atoms with Crippen molar-refractivity contribution in [1.82, 2.24) is 10.3 Å². The minimum Gasteiger partial charge on any atom is -0.458 e. The Morgan fingerprint density at radius 2 is 1.82 bits per heavy atom. The number of rotatable bonds is 8. The lowest BCUT2D eigenvalue weighted by Crippen LogP contribution is -2.61. The molecule has 1 amide bonds. The highest BCUT2D eigenvalue weighted by Gasteiger charge is 2.68. The third kappa shape index (κ3) is 4.82. The number of aliphatic hydroxyl groups is 1. The highest BCUT2D eigenvalue weighted by atomic mass is 16.5. The Morgan fingerprint density at radius 3 is 2.58 bits per heavy atom. The van der Waals surface area contributed by atoms with Crippen molar-refractivity contribution in [2.24, 2.45) is 28.6 Å². The Morgan fingerprint density at radius 1 is 1.07 bits per heavy atom. The summed E-state index contributed by atoms with van der Waals surface area (Å²) in [5.41, 5.74) is -1.10. The Balaban J connectivity index is 1.18. The first-order valence-corrected chi connectivity index (χ1v) is 14.3. The number of allylic oxidation sites excluding steroid dienone is 1. The number of amides is 1. The molecule has 5 rings (SSSR count). The number of fused-ring (bicyclic) bond motifs is 5. The first-order valence-electron chi connectivity index (χ1n) is 14.3. The Hall–Kier alpha value is -3.20. The molecule has 0 aliphatic heterocycles. The van der Waals surface area contributed by atoms with Crippen molar-refractivity contribution >= 4 is 29.2 Å². The molecule has 3 saturated carbocycles. The van der Waals surface area contributed by atoms with Crippen molar-refractivity contribution in [2.45, 2.75) is 83.8 Å². The fourth-order valence-electron chi connectivity index (χ4n) is 8.19. The van der Waals surface area contributed by atoms with Crippen LogP contribution in [0.1, 0.15) is 77.2 Å². The molecule has 3 unspecified atom stereocenters. The SMILES string of the molecule is C[C@]12CCC(=O)C=C1CCC1C2C(=O)C[C@@]2(C)C1CC[C@]2(O)C(=O)COC(=O)CCC(=O)NCc1ccncc1. The van der Waals surface area contributed by atoms with Gasteiger partial charge in [-0.2, -0.15) is 0 Å². The first kappa shape index (κ1) is 28.3. The molecule has 3 fully saturated rings. The lowest BCUT2D eigenvalue weighted by atomic mass is 9.46. The fourth-order valence-corrected chi connectivity index (χ4v) is 8.19. The fraction of sp³-hybridized carbons (Fsp3) is 0.613. The highest BCUT2D eigenvalue weighted by molar-refractivity contribution is 5.95. The molecule has 1 heterocycles. The van der Waals surface area contributed by atoms with E-state index in [0.717, 1.165) is 24.0 Å². The maximum Gasteiger partial charge on any atom is 0.306 e. The predicted molar refractivity (Wildman–Crippen MR) is 143 cm³/mol. The summed E-state index contributed by atoms with van der Waals surface area (Å²) in [5.74, 6) is -1.61. The van der Waals surface area contributed by atoms with Crippen LogP contribution in [0.4, 0.5) is 0 Å². The number of Topliss-reactive ketones (excluding diaryl/α,β-unsaturated/α-hetero) is 2. The second kappa shape index (κ2) is 10.7. The molecule has 0 radical (unpaired) electrons. The summed E-state index contributed by atoms with van der Waals surface area (Å²) in [7, 11) is 0. The van der Waals surface area contributed by atoms with Gasteiger partial charge in [-0.1, -0.05) is 19.4 Å². The quantitative estimate of drug-likeness (QED) is 0.471. The van der Waals surface area contributed by atoms with E-state index in [2.05, 4.69) is 17.2 Å². The molecule has 4 aliphatic rings. The molecule has 0 bridgehead atoms. The molecule has 0 spiro atoms. The number of nitrogens with one attached hydrogen (secondary N) is 1. The van der Waals surface area contributed by atoms with Crippen molar-refractivity contribution in [2.75, 3.05) is 6.61 Å². The van der Waals surface area contributed by atoms with Crippen LogP contribution in [0.25, 0.3) is 0 Å². The number of esters is 1. The number of ketones is 3. The standard InChI is InChI=1S/C31H38N2O7/c1-29-11-7-21(34)15-20(29)3-4-22-23-8-12-31(39,30(23,2)16-24(35)28(22)29)25(36)18-40-27(38)6-5-26(37)33-17-19-9-13-32-14-10-19/h9-10,13-15,22-23,28,39H,3-8,11-12,16-18H2,1-2H3,(H,33,37)/t22?,23?,28?,29-,30-,31-/m0/s1. The number of carbonyl (C=O) groups excluding carboxylic acids is 5. The van der Waals surface area contributed by atoms with E-state index in [1.807, 2.05) is 6.92 Å². The third-order valence-corrected chi connectivity index (χ3v) is 10.4. The van der Waals surface area contributed by atoms with Gasteiger partial charge in [0.25, 0.3) is 0 Å². The predicted octanol–water partition coefficient (Wildman–Crippen LogP) is 3.03. The van der Waals surface area contributed by atoms with E-state index in [-0.39, 0.29) is 66.3 Å². The van der Waals surface area contributed by atoms with Gasteiger partial charge in [0, 0.05) is 49.5 Å². The number of hydrogen-bond acceptors (Lipinski definition) is 8. The average molecular weight is 551 g/mol. The second-order valence-electron chi connectivity index (χ2n) is 12.5. The maximum absolute atomic E-state index is 13.7. The summed E-state index contributed by atoms with van der Waals surface area (Å²) in [6.07, 6.45) is 8.26. The lowest BCUT2D eigenvalue weighted by Gasteiger charge is -2.57. The van der Waals surface area contributed by atoms with E-state index in [9.17, 15) is 29.1 Å². The highest BCUT2D eigenvalue weighted by Crippen LogP contribution is 2.66. The van der Waals surface area contributed by atoms with Crippen LogP contribution in [0.3, 0.4) is 0 Å². The number of carbonyl (C=O) groups is 5. The van der Waals surface area contributed by atoms with Crippen molar-refractivity contribution in [1.29, 1.82) is 0 Å². The maximum atomic E-state index is 13.7. The molecule has 1 aromatic heterocycles. The molecular weight excluding hydrogens is 512 g/mol. The van der Waals surface area contributed by atoms with E-state index < -0.39 is 29.4 Å². The molecular formula is C31H38N2O7. The van der Waals surface area contributed by atoms with Crippen LogP contribution in [-0.4, -0.2) is 51.5 Å². The van der Waals surface area contributed by atoms with E-state index in [1.54, 1.807) is 30.6 Å². The smallest absolute Gasteiger partial charge is 0.306 e. The lowest BCUT2D eigenvalue weighted by molar-refractivity contribution is -0.173. The molecule has 4 aliphatic carbocycles. The van der Waals surface area contributed by atoms with E-state index >= 15 is 0 Å². The van der Waals surface area contributed by atoms with Gasteiger partial charge in [0.15, 0.2) is 12.4 Å². The molecule has 0 aromatic carbocycles. The number of nitrogens with zero attached hydrogens (tertiary/aromatic N) is 1. The molecule has 1 aromatic rings. The van der Waals surface area contributed by atoms with E-state index in [0.29, 0.717) is 25.8 Å². The largest absolute Gasteiger partial charge is 0.458 e. The van der Waals surface area contributed by atoms with Crippen molar-refractivity contribution in [3.63, 3.8) is 0 Å². The summed E-state index contributed by atoms with van der Waals surface area (Å²) < 4.78 is 5.19. The minimum absolute atomic E-state index is 0.0139. The van der Waals surface area contributed by atoms with Crippen molar-refractivity contribution in [3.05, 3.63) is 41.7 Å². The van der Waals surface area contributed by atoms with Crippen LogP contribution in [0.2, 0.25) is 0 Å². The third-order valence-electron chi connectivity index (χ3n) is 10.4. The monoisotopic (exact) mass is 550 g/mol. The molecule has 2 N–H and O–H groups in total. The van der Waals surface area contributed by atoms with Gasteiger partial charge in [0.2, 0.25) is 11.7 Å². The number of hydrogen-bond donors (Lipinski definition) is 2. The molecule has 6 atom stereocenters. The van der Waals surface area contributed by atoms with Crippen LogP contribution in [0.15, 0.2) is 36.2 Å². The van der Waals surface area contributed by atoms with Crippen LogP contribution in [0.5, 0.6) is 0 Å². The van der Waals surface area contributed by atoms with E-state index in [4.69, 9.17) is 4.74 Å². The van der Waals surface area contributed by atoms with Gasteiger partial charge in [0.05, 0.1) is 6.42 Å². The van der Waals surface area contributed by atoms with Gasteiger partial charge < -0.3 is 15.2 Å². The average Bonchev–Trinajstić information content (AvgIpc) is 3.20. The molecule has 40 heavy (non-hydrogen) atoms. The second-order valence-corrected chi connectivity index (χ2v) is 12.5. The minimum atomic E-state index is -1.76. The Labute approximate surface area is 234 Å². The van der Waals surface area contributed by atoms with Crippen molar-refractivity contribution < 1.29 is 33.8 Å². The summed E-state index contributed by atoms with van der Waals surface area (Å²) >= 11 is 0. The van der Waals surface area contributed by atoms with Gasteiger partial charge in [-0.3, -0.25) is 29.0 Å². The summed E-state index contributed by atoms with van der Waals surface area (Å²) in [5, 5.41) is 14.5. The summed E-state index contributed by atoms with van der Waals surface area (Å²) in [6.45, 7) is 3.67. The zero-order valence-corrected chi connectivity index (χ0v) is 23.2. The molecule has 9 nitrogen and oxygen atoms in total. The number of ether oxygens (including phenoxy) is 1. The van der Waals surface area contributed by atoms with Gasteiger partial charge in [-0.05, 0) is 73.1 Å². The van der Waals surface area contributed by atoms with Gasteiger partial charge in [-0.15, -0.1) is 0 Å². The van der Waals surface area contributed by atoms with E-state index in [1.165, 1.54) is 0 Å². The van der Waals surface area contributed by atoms with Crippen molar-refractivity contribution in [3.8, 4) is 0 Å². The van der Waals surface area contributed by atoms with Crippen LogP contribution in [0, 0.1) is 28.6 Å². The normalized spacial score (nSPS) is 34.7. The summed E-state index contributed by atoms with van der Waals surface area (Å²) in [4.78, 5) is 67.5. The van der Waals surface area contributed by atoms with Gasteiger partial charge in [0.1, 0.15) is 11.4 Å². The van der Waals surface area contributed by atoms with Crippen LogP contribution in [-0.2, 0) is 35.3 Å². The Kier molecular flexibility index (Phi) is 7.54. The number of pyridine rings is 1. The number of aromatic nitrogens is 1. The van der Waals surface area contributed by atoms with Crippen LogP contribution >= 0.6 is 0 Å². The zero-order chi connectivity index (χ0) is 28.7. The molecule has 9 heteroatoms. The Bertz CT molecular complexity index is 1260. The first-order chi connectivity index (χ1) is 19.0.